The van der Waals surface area contributed by atoms with Crippen molar-refractivity contribution in [3.8, 4) is 0 Å². The van der Waals surface area contributed by atoms with E-state index in [4.69, 9.17) is 5.11 Å². The molecule has 24 heavy (non-hydrogen) atoms. The van der Waals surface area contributed by atoms with E-state index in [1.807, 2.05) is 36.5 Å². The van der Waals surface area contributed by atoms with Crippen molar-refractivity contribution in [2.75, 3.05) is 0 Å². The molecule has 0 bridgehead atoms. The van der Waals surface area contributed by atoms with Crippen molar-refractivity contribution in [2.45, 2.75) is 31.7 Å². The Balaban J connectivity index is 1.62. The first-order chi connectivity index (χ1) is 11.7. The number of aromatic amines is 1. The van der Waals surface area contributed by atoms with E-state index < -0.39 is 6.09 Å². The van der Waals surface area contributed by atoms with Crippen LogP contribution in [0.3, 0.4) is 0 Å². The maximum atomic E-state index is 11.1. The van der Waals surface area contributed by atoms with Crippen LogP contribution in [0, 0.1) is 0 Å². The van der Waals surface area contributed by atoms with Gasteiger partial charge in [0.2, 0.25) is 0 Å². The predicted octanol–water partition coefficient (Wildman–Crippen LogP) is 4.28. The second-order valence-corrected chi connectivity index (χ2v) is 5.93. The third-order valence-electron chi connectivity index (χ3n) is 4.24. The van der Waals surface area contributed by atoms with Gasteiger partial charge in [-0.1, -0.05) is 12.5 Å². The Labute approximate surface area is 140 Å². The molecule has 124 valence electrons. The number of nitrogens with zero attached hydrogens (tertiary/aromatic N) is 1. The van der Waals surface area contributed by atoms with Gasteiger partial charge in [-0.2, -0.15) is 0 Å². The van der Waals surface area contributed by atoms with Gasteiger partial charge < -0.3 is 15.4 Å². The molecule has 0 aliphatic carbocycles. The van der Waals surface area contributed by atoms with Gasteiger partial charge in [0.25, 0.3) is 0 Å². The van der Waals surface area contributed by atoms with E-state index in [1.54, 1.807) is 12.4 Å². The fourth-order valence-corrected chi connectivity index (χ4v) is 2.99. The smallest absolute Gasteiger partial charge is 0.405 e. The molecule has 1 unspecified atom stereocenters. The van der Waals surface area contributed by atoms with Crippen LogP contribution in [0.2, 0.25) is 0 Å². The van der Waals surface area contributed by atoms with Crippen LogP contribution in [0.4, 0.5) is 4.79 Å². The van der Waals surface area contributed by atoms with Gasteiger partial charge >= 0.3 is 6.09 Å². The third kappa shape index (κ3) is 4.13. The largest absolute Gasteiger partial charge is 0.465 e. The zero-order valence-corrected chi connectivity index (χ0v) is 13.4. The summed E-state index contributed by atoms with van der Waals surface area (Å²) in [6, 6.07) is 11.9. The van der Waals surface area contributed by atoms with Gasteiger partial charge in [0, 0.05) is 24.1 Å². The third-order valence-corrected chi connectivity index (χ3v) is 4.24. The summed E-state index contributed by atoms with van der Waals surface area (Å²) < 4.78 is 0. The molecule has 0 saturated heterocycles. The number of carboxylic acid groups (broad SMARTS) is 1. The highest BCUT2D eigenvalue weighted by Gasteiger charge is 2.14. The van der Waals surface area contributed by atoms with Crippen LogP contribution in [0.5, 0.6) is 0 Å². The molecule has 0 saturated carbocycles. The van der Waals surface area contributed by atoms with Crippen LogP contribution in [0.15, 0.2) is 55.0 Å². The maximum Gasteiger partial charge on any atom is 0.405 e. The van der Waals surface area contributed by atoms with Crippen molar-refractivity contribution in [1.29, 1.82) is 0 Å². The summed E-state index contributed by atoms with van der Waals surface area (Å²) >= 11 is 0. The lowest BCUT2D eigenvalue weighted by Gasteiger charge is -2.17. The number of fused-ring (bicyclic) bond motifs is 1. The minimum absolute atomic E-state index is 0.181. The monoisotopic (exact) mass is 323 g/mol. The van der Waals surface area contributed by atoms with Crippen LogP contribution in [0.25, 0.3) is 10.9 Å². The second-order valence-electron chi connectivity index (χ2n) is 5.93. The Bertz CT molecular complexity index is 798. The normalized spacial score (nSPS) is 12.2. The van der Waals surface area contributed by atoms with E-state index in [2.05, 4.69) is 21.4 Å². The molecule has 0 aliphatic heterocycles. The molecule has 3 aromatic rings. The molecule has 3 N–H and O–H groups in total. The number of amides is 1. The standard InChI is InChI=1S/C19H21N3O2/c23-19(24)22-18(4-2-1-3-14-7-10-20-11-8-14)15-5-6-17-16(13-15)9-12-21-17/h5-13,18,21-22H,1-4H2,(H,23,24). The van der Waals surface area contributed by atoms with E-state index >= 15 is 0 Å². The molecule has 0 spiro atoms. The van der Waals surface area contributed by atoms with Gasteiger partial charge in [0.05, 0.1) is 6.04 Å². The van der Waals surface area contributed by atoms with E-state index in [1.165, 1.54) is 5.56 Å². The Kier molecular flexibility index (Phi) is 5.11. The molecular formula is C19H21N3O2. The van der Waals surface area contributed by atoms with Gasteiger partial charge in [0.15, 0.2) is 0 Å². The summed E-state index contributed by atoms with van der Waals surface area (Å²) in [5.41, 5.74) is 3.33. The number of H-pyrrole nitrogens is 1. The number of aromatic nitrogens is 2. The number of unbranched alkanes of at least 4 members (excludes halogenated alkanes) is 1. The number of nitrogens with one attached hydrogen (secondary N) is 2. The highest BCUT2D eigenvalue weighted by Crippen LogP contribution is 2.24. The summed E-state index contributed by atoms with van der Waals surface area (Å²) in [6.07, 6.45) is 8.26. The minimum atomic E-state index is -0.983. The number of carbonyl (C=O) groups is 1. The van der Waals surface area contributed by atoms with Gasteiger partial charge in [0.1, 0.15) is 0 Å². The number of benzene rings is 1. The SMILES string of the molecule is O=C(O)NC(CCCCc1ccncc1)c1ccc2[nH]ccc2c1. The topological polar surface area (TPSA) is 78.0 Å². The number of aryl methyl sites for hydroxylation is 1. The molecule has 0 radical (unpaired) electrons. The van der Waals surface area contributed by atoms with Gasteiger partial charge in [-0.15, -0.1) is 0 Å². The number of hydrogen-bond acceptors (Lipinski definition) is 2. The lowest BCUT2D eigenvalue weighted by molar-refractivity contribution is 0.189. The molecule has 1 amide bonds. The Hall–Kier alpha value is -2.82. The molecule has 1 atom stereocenters. The van der Waals surface area contributed by atoms with Crippen LogP contribution in [-0.4, -0.2) is 21.2 Å². The summed E-state index contributed by atoms with van der Waals surface area (Å²) in [6.45, 7) is 0. The molecule has 2 aromatic heterocycles. The lowest BCUT2D eigenvalue weighted by Crippen LogP contribution is -2.26. The van der Waals surface area contributed by atoms with Crippen LogP contribution in [-0.2, 0) is 6.42 Å². The number of pyridine rings is 1. The molecule has 3 rings (SSSR count). The fraction of sp³-hybridized carbons (Fsp3) is 0.263. The van der Waals surface area contributed by atoms with Crippen molar-refractivity contribution in [3.05, 3.63) is 66.1 Å². The number of rotatable bonds is 7. The first-order valence-corrected chi connectivity index (χ1v) is 8.18. The average molecular weight is 323 g/mol. The quantitative estimate of drug-likeness (QED) is 0.568. The first-order valence-electron chi connectivity index (χ1n) is 8.18. The predicted molar refractivity (Wildman–Crippen MR) is 94.0 cm³/mol. The van der Waals surface area contributed by atoms with Crippen LogP contribution >= 0.6 is 0 Å². The van der Waals surface area contributed by atoms with E-state index in [0.717, 1.165) is 42.1 Å². The van der Waals surface area contributed by atoms with Gasteiger partial charge in [-0.25, -0.2) is 4.79 Å². The van der Waals surface area contributed by atoms with Crippen molar-refractivity contribution in [3.63, 3.8) is 0 Å². The Morgan fingerprint density at radius 1 is 1.17 bits per heavy atom. The Morgan fingerprint density at radius 3 is 2.79 bits per heavy atom. The summed E-state index contributed by atoms with van der Waals surface area (Å²) in [5, 5.41) is 12.9. The summed E-state index contributed by atoms with van der Waals surface area (Å²) in [5.74, 6) is 0. The molecule has 5 heteroatoms. The fourth-order valence-electron chi connectivity index (χ4n) is 2.99. The van der Waals surface area contributed by atoms with Crippen LogP contribution < -0.4 is 5.32 Å². The highest BCUT2D eigenvalue weighted by molar-refractivity contribution is 5.80. The number of hydrogen-bond donors (Lipinski definition) is 3. The summed E-state index contributed by atoms with van der Waals surface area (Å²) in [4.78, 5) is 18.3. The maximum absolute atomic E-state index is 11.1. The van der Waals surface area contributed by atoms with Crippen LogP contribution in [0.1, 0.15) is 36.4 Å². The van der Waals surface area contributed by atoms with Gasteiger partial charge in [-0.3, -0.25) is 4.98 Å². The zero-order chi connectivity index (χ0) is 16.8. The lowest BCUT2D eigenvalue weighted by atomic mass is 9.98. The molecule has 1 aromatic carbocycles. The van der Waals surface area contributed by atoms with Crippen molar-refractivity contribution in [1.82, 2.24) is 15.3 Å². The molecule has 0 aliphatic rings. The second kappa shape index (κ2) is 7.64. The van der Waals surface area contributed by atoms with Gasteiger partial charge in [-0.05, 0) is 66.1 Å². The van der Waals surface area contributed by atoms with E-state index in [-0.39, 0.29) is 6.04 Å². The Morgan fingerprint density at radius 2 is 2.00 bits per heavy atom. The van der Waals surface area contributed by atoms with Crippen molar-refractivity contribution in [2.24, 2.45) is 0 Å². The van der Waals surface area contributed by atoms with Crippen molar-refractivity contribution >= 4 is 17.0 Å². The molecule has 0 fully saturated rings. The molecule has 5 nitrogen and oxygen atoms in total. The average Bonchev–Trinajstić information content (AvgIpc) is 3.06. The van der Waals surface area contributed by atoms with Crippen molar-refractivity contribution < 1.29 is 9.90 Å². The van der Waals surface area contributed by atoms with E-state index in [9.17, 15) is 4.79 Å². The first kappa shape index (κ1) is 16.1. The molecular weight excluding hydrogens is 302 g/mol. The summed E-state index contributed by atoms with van der Waals surface area (Å²) in [7, 11) is 0. The van der Waals surface area contributed by atoms with E-state index in [0.29, 0.717) is 0 Å². The highest BCUT2D eigenvalue weighted by atomic mass is 16.4. The minimum Gasteiger partial charge on any atom is -0.465 e. The molecule has 2 heterocycles. The zero-order valence-electron chi connectivity index (χ0n) is 13.4.